The van der Waals surface area contributed by atoms with E-state index in [1.165, 1.54) is 10.9 Å². The molecular formula is C16H26N4O6Si. The number of nitrogen functional groups attached to an aromatic ring is 1. The van der Waals surface area contributed by atoms with Crippen LogP contribution in [0.3, 0.4) is 0 Å². The number of imidazole rings is 1. The third kappa shape index (κ3) is 3.52. The molecule has 2 aromatic heterocycles. The lowest BCUT2D eigenvalue weighted by Crippen LogP contribution is -2.44. The quantitative estimate of drug-likeness (QED) is 0.630. The summed E-state index contributed by atoms with van der Waals surface area (Å²) < 4.78 is 18.0. The minimum absolute atomic E-state index is 0.00456. The third-order valence-electron chi connectivity index (χ3n) is 5.40. The van der Waals surface area contributed by atoms with Gasteiger partial charge < -0.3 is 29.5 Å². The number of aliphatic hydroxyl groups excluding tert-OH is 2. The number of nitrogens with two attached hydrogens (primary N) is 1. The molecule has 2 aromatic rings. The van der Waals surface area contributed by atoms with Gasteiger partial charge in [0.15, 0.2) is 25.7 Å². The molecule has 4 N–H and O–H groups in total. The maximum atomic E-state index is 11.8. The van der Waals surface area contributed by atoms with Gasteiger partial charge >= 0.3 is 5.63 Å². The minimum Gasteiger partial charge on any atom is -0.414 e. The molecule has 4 atom stereocenters. The Morgan fingerprint density at radius 1 is 1.33 bits per heavy atom. The smallest absolute Gasteiger partial charge is 0.368 e. The number of anilines is 1. The van der Waals surface area contributed by atoms with E-state index in [9.17, 15) is 15.0 Å². The first-order chi connectivity index (χ1) is 12.4. The zero-order valence-corrected chi connectivity index (χ0v) is 17.0. The number of hydrogen-bond acceptors (Lipinski definition) is 9. The van der Waals surface area contributed by atoms with Crippen LogP contribution in [0.25, 0.3) is 11.2 Å². The molecule has 0 radical (unpaired) electrons. The molecule has 1 aliphatic rings. The van der Waals surface area contributed by atoms with Crippen LogP contribution in [0.5, 0.6) is 0 Å². The van der Waals surface area contributed by atoms with Gasteiger partial charge in [-0.3, -0.25) is 4.57 Å². The van der Waals surface area contributed by atoms with Crippen LogP contribution in [-0.2, 0) is 9.16 Å². The Labute approximate surface area is 157 Å². The van der Waals surface area contributed by atoms with Gasteiger partial charge in [0.25, 0.3) is 6.01 Å². The van der Waals surface area contributed by atoms with E-state index in [-0.39, 0.29) is 28.8 Å². The molecule has 3 rings (SSSR count). The maximum Gasteiger partial charge on any atom is 0.368 e. The van der Waals surface area contributed by atoms with E-state index in [1.54, 1.807) is 0 Å². The van der Waals surface area contributed by atoms with Crippen LogP contribution in [0.2, 0.25) is 18.1 Å². The topological polar surface area (TPSA) is 146 Å². The molecule has 0 spiro atoms. The SMILES string of the molecule is CC(C)(C)[Si](C)(C)OC[C@H]1O[C@@H](n2cnc3c(=O)oc(N)nc32)[C@H](O)[C@@H]1O. The summed E-state index contributed by atoms with van der Waals surface area (Å²) in [5, 5.41) is 20.9. The van der Waals surface area contributed by atoms with Crippen molar-refractivity contribution in [1.29, 1.82) is 0 Å². The van der Waals surface area contributed by atoms with Gasteiger partial charge in [0.2, 0.25) is 0 Å². The van der Waals surface area contributed by atoms with E-state index < -0.39 is 38.5 Å². The summed E-state index contributed by atoms with van der Waals surface area (Å²) in [7, 11) is -2.05. The summed E-state index contributed by atoms with van der Waals surface area (Å²) in [4.78, 5) is 19.7. The molecule has 10 nitrogen and oxygen atoms in total. The Kier molecular flexibility index (Phi) is 4.93. The zero-order chi connectivity index (χ0) is 20.1. The third-order valence-corrected chi connectivity index (χ3v) is 9.90. The summed E-state index contributed by atoms with van der Waals surface area (Å²) >= 11 is 0. The van der Waals surface area contributed by atoms with Crippen LogP contribution >= 0.6 is 0 Å². The van der Waals surface area contributed by atoms with Crippen molar-refractivity contribution in [3.8, 4) is 0 Å². The Bertz CT molecular complexity index is 889. The number of rotatable bonds is 4. The van der Waals surface area contributed by atoms with Crippen molar-refractivity contribution in [2.45, 2.75) is 63.4 Å². The predicted octanol–water partition coefficient (Wildman–Crippen LogP) is 0.608. The van der Waals surface area contributed by atoms with Crippen molar-refractivity contribution in [1.82, 2.24) is 14.5 Å². The van der Waals surface area contributed by atoms with Gasteiger partial charge in [-0.2, -0.15) is 4.98 Å². The van der Waals surface area contributed by atoms with Crippen LogP contribution < -0.4 is 11.4 Å². The second-order valence-electron chi connectivity index (χ2n) is 8.28. The van der Waals surface area contributed by atoms with Crippen molar-refractivity contribution in [2.75, 3.05) is 12.3 Å². The van der Waals surface area contributed by atoms with E-state index in [0.29, 0.717) is 0 Å². The lowest BCUT2D eigenvalue weighted by Gasteiger charge is -2.37. The lowest BCUT2D eigenvalue weighted by atomic mass is 10.1. The van der Waals surface area contributed by atoms with E-state index in [1.807, 2.05) is 0 Å². The van der Waals surface area contributed by atoms with Gasteiger partial charge in [-0.1, -0.05) is 20.8 Å². The number of aliphatic hydroxyl groups is 2. The van der Waals surface area contributed by atoms with Crippen molar-refractivity contribution in [2.24, 2.45) is 0 Å². The van der Waals surface area contributed by atoms with E-state index in [2.05, 4.69) is 43.8 Å². The molecule has 0 saturated carbocycles. The summed E-state index contributed by atoms with van der Waals surface area (Å²) in [5.74, 6) is 0. The number of nitrogens with zero attached hydrogens (tertiary/aromatic N) is 3. The second-order valence-corrected chi connectivity index (χ2v) is 13.1. The molecule has 3 heterocycles. The summed E-state index contributed by atoms with van der Waals surface area (Å²) in [5.41, 5.74) is 4.84. The molecule has 150 valence electrons. The lowest BCUT2D eigenvalue weighted by molar-refractivity contribution is -0.0491. The van der Waals surface area contributed by atoms with Gasteiger partial charge in [-0.05, 0) is 18.1 Å². The van der Waals surface area contributed by atoms with Crippen molar-refractivity contribution < 1.29 is 23.8 Å². The van der Waals surface area contributed by atoms with E-state index in [0.717, 1.165) is 0 Å². The fourth-order valence-corrected chi connectivity index (χ4v) is 3.68. The number of ether oxygens (including phenoxy) is 1. The number of aromatic nitrogens is 3. The Morgan fingerprint density at radius 3 is 2.63 bits per heavy atom. The monoisotopic (exact) mass is 398 g/mol. The highest BCUT2D eigenvalue weighted by atomic mass is 28.4. The highest BCUT2D eigenvalue weighted by Crippen LogP contribution is 2.38. The highest BCUT2D eigenvalue weighted by Gasteiger charge is 2.46. The molecule has 0 aliphatic carbocycles. The molecule has 0 amide bonds. The first-order valence-electron chi connectivity index (χ1n) is 8.71. The second kappa shape index (κ2) is 6.67. The van der Waals surface area contributed by atoms with Crippen LogP contribution in [0, 0.1) is 0 Å². The van der Waals surface area contributed by atoms with Crippen LogP contribution in [0.4, 0.5) is 6.01 Å². The first kappa shape index (κ1) is 20.0. The maximum absolute atomic E-state index is 11.8. The molecular weight excluding hydrogens is 372 g/mol. The van der Waals surface area contributed by atoms with E-state index >= 15 is 0 Å². The van der Waals surface area contributed by atoms with Crippen molar-refractivity contribution >= 4 is 25.5 Å². The molecule has 1 saturated heterocycles. The molecule has 1 aliphatic heterocycles. The standard InChI is InChI=1S/C16H26N4O6Si/c1-16(2,3)27(4,5)24-6-8-10(21)11(22)13(25-8)20-7-18-9-12(20)19-15(17)26-14(9)23/h7-8,10-11,13,21-22H,6H2,1-5H3,(H2,17,19)/t8-,10-,11-,13-/m1/s1. The van der Waals surface area contributed by atoms with Gasteiger partial charge in [-0.15, -0.1) is 0 Å². The summed E-state index contributed by atoms with van der Waals surface area (Å²) in [6, 6.07) is -0.319. The molecule has 27 heavy (non-hydrogen) atoms. The minimum atomic E-state index is -2.05. The summed E-state index contributed by atoms with van der Waals surface area (Å²) in [6.45, 7) is 10.7. The first-order valence-corrected chi connectivity index (χ1v) is 11.6. The van der Waals surface area contributed by atoms with Gasteiger partial charge in [0.05, 0.1) is 12.9 Å². The molecule has 0 aromatic carbocycles. The van der Waals surface area contributed by atoms with Crippen LogP contribution in [0.15, 0.2) is 15.5 Å². The van der Waals surface area contributed by atoms with Crippen LogP contribution in [-0.4, -0.2) is 58.0 Å². The van der Waals surface area contributed by atoms with Gasteiger partial charge in [-0.25, -0.2) is 9.78 Å². The van der Waals surface area contributed by atoms with Crippen molar-refractivity contribution in [3.05, 3.63) is 16.7 Å². The molecule has 1 fully saturated rings. The zero-order valence-electron chi connectivity index (χ0n) is 16.0. The fourth-order valence-electron chi connectivity index (χ4n) is 2.67. The van der Waals surface area contributed by atoms with Crippen LogP contribution in [0.1, 0.15) is 27.0 Å². The van der Waals surface area contributed by atoms with Gasteiger partial charge in [0.1, 0.15) is 18.3 Å². The average molecular weight is 398 g/mol. The highest BCUT2D eigenvalue weighted by molar-refractivity contribution is 6.74. The predicted molar refractivity (Wildman–Crippen MR) is 99.5 cm³/mol. The molecule has 0 unspecified atom stereocenters. The van der Waals surface area contributed by atoms with E-state index in [4.69, 9.17) is 19.3 Å². The normalized spacial score (nSPS) is 26.8. The number of hydrogen-bond donors (Lipinski definition) is 3. The Balaban J connectivity index is 1.83. The average Bonchev–Trinajstić information content (AvgIpc) is 3.07. The van der Waals surface area contributed by atoms with Crippen molar-refractivity contribution in [3.63, 3.8) is 0 Å². The Hall–Kier alpha value is -1.79. The van der Waals surface area contributed by atoms with Gasteiger partial charge in [0, 0.05) is 0 Å². The molecule has 0 bridgehead atoms. The molecule has 11 heteroatoms. The number of fused-ring (bicyclic) bond motifs is 1. The fraction of sp³-hybridized carbons (Fsp3) is 0.688. The Morgan fingerprint density at radius 2 is 2.00 bits per heavy atom. The summed E-state index contributed by atoms with van der Waals surface area (Å²) in [6.07, 6.45) is -2.81. The largest absolute Gasteiger partial charge is 0.414 e.